The minimum Gasteiger partial charge on any atom is -0.385 e. The van der Waals surface area contributed by atoms with Gasteiger partial charge in [0.05, 0.1) is 0 Å². The van der Waals surface area contributed by atoms with E-state index in [1.54, 1.807) is 0 Å². The summed E-state index contributed by atoms with van der Waals surface area (Å²) >= 11 is 0. The highest BCUT2D eigenvalue weighted by molar-refractivity contribution is 7.46. The van der Waals surface area contributed by atoms with Crippen molar-refractivity contribution in [2.45, 2.75) is 18.8 Å². The molecule has 0 bridgehead atoms. The molecule has 84 valence electrons. The van der Waals surface area contributed by atoms with Crippen LogP contribution in [0.5, 0.6) is 0 Å². The van der Waals surface area contributed by atoms with Gasteiger partial charge in [-0.05, 0) is 6.92 Å². The fourth-order valence-electron chi connectivity index (χ4n) is 0.580. The molecule has 1 unspecified atom stereocenters. The van der Waals surface area contributed by atoms with E-state index < -0.39 is 32.1 Å². The van der Waals surface area contributed by atoms with E-state index in [0.717, 1.165) is 6.92 Å². The predicted octanol–water partition coefficient (Wildman–Crippen LogP) is -2.27. The Kier molecular flexibility index (Phi) is 4.34. The minimum atomic E-state index is -4.89. The second-order valence-corrected chi connectivity index (χ2v) is 3.86. The number of ketones is 1. The molecular weight excluding hydrogens is 219 g/mol. The van der Waals surface area contributed by atoms with E-state index in [9.17, 15) is 9.36 Å². The van der Waals surface area contributed by atoms with Gasteiger partial charge in [0.2, 0.25) is 5.78 Å². The maximum absolute atomic E-state index is 10.8. The lowest BCUT2D eigenvalue weighted by Crippen LogP contribution is -2.47. The molecule has 8 nitrogen and oxygen atoms in total. The number of carbonyl (C=O) groups excluding carboxylic acids is 1. The van der Waals surface area contributed by atoms with Crippen molar-refractivity contribution in [3.05, 3.63) is 0 Å². The monoisotopic (exact) mass is 230 g/mol. The third-order valence-corrected chi connectivity index (χ3v) is 1.67. The third kappa shape index (κ3) is 4.77. The van der Waals surface area contributed by atoms with Crippen LogP contribution >= 0.6 is 7.82 Å². The van der Waals surface area contributed by atoms with E-state index in [4.69, 9.17) is 25.1 Å². The van der Waals surface area contributed by atoms with Gasteiger partial charge in [-0.3, -0.25) is 9.32 Å². The van der Waals surface area contributed by atoms with Gasteiger partial charge in [0.1, 0.15) is 12.7 Å². The van der Waals surface area contributed by atoms with Crippen molar-refractivity contribution >= 4 is 13.6 Å². The van der Waals surface area contributed by atoms with Gasteiger partial charge in [-0.1, -0.05) is 0 Å². The van der Waals surface area contributed by atoms with Crippen LogP contribution in [0, 0.1) is 0 Å². The molecule has 0 saturated carbocycles. The van der Waals surface area contributed by atoms with Gasteiger partial charge in [0.15, 0.2) is 0 Å². The number of aliphatic hydroxyl groups excluding tert-OH is 1. The lowest BCUT2D eigenvalue weighted by Gasteiger charge is -2.21. The van der Waals surface area contributed by atoms with Gasteiger partial charge in [-0.15, -0.1) is 0 Å². The first-order valence-electron chi connectivity index (χ1n) is 3.43. The summed E-state index contributed by atoms with van der Waals surface area (Å²) in [7, 11) is -4.89. The highest BCUT2D eigenvalue weighted by Crippen LogP contribution is 2.36. The number of hydrogen-bond acceptors (Lipinski definition) is 6. The summed E-state index contributed by atoms with van der Waals surface area (Å²) in [5.74, 6) is -4.53. The SMILES string of the molecule is CC(O)C(=O)C(O)(O)COP(=O)(O)O. The summed E-state index contributed by atoms with van der Waals surface area (Å²) in [5.41, 5.74) is 0. The third-order valence-electron chi connectivity index (χ3n) is 1.21. The van der Waals surface area contributed by atoms with Gasteiger partial charge in [0.25, 0.3) is 5.79 Å². The summed E-state index contributed by atoms with van der Waals surface area (Å²) in [5, 5.41) is 26.5. The summed E-state index contributed by atoms with van der Waals surface area (Å²) in [6.45, 7) is -0.345. The molecule has 0 aromatic carbocycles. The Labute approximate surface area is 79.0 Å². The second kappa shape index (κ2) is 4.45. The molecule has 0 saturated heterocycles. The lowest BCUT2D eigenvalue weighted by molar-refractivity contribution is -0.200. The Morgan fingerprint density at radius 1 is 1.50 bits per heavy atom. The molecule has 0 rings (SSSR count). The van der Waals surface area contributed by atoms with E-state index in [0.29, 0.717) is 0 Å². The lowest BCUT2D eigenvalue weighted by atomic mass is 10.1. The second-order valence-electron chi connectivity index (χ2n) is 2.62. The molecule has 0 aliphatic rings. The molecule has 0 fully saturated rings. The van der Waals surface area contributed by atoms with Gasteiger partial charge >= 0.3 is 7.82 Å². The zero-order valence-electron chi connectivity index (χ0n) is 7.19. The van der Waals surface area contributed by atoms with Crippen LogP contribution in [-0.2, 0) is 13.9 Å². The zero-order chi connectivity index (χ0) is 11.6. The number of aliphatic hydroxyl groups is 3. The molecule has 0 aromatic heterocycles. The predicted molar refractivity (Wildman–Crippen MR) is 41.9 cm³/mol. The molecule has 9 heteroatoms. The molecule has 0 aliphatic carbocycles. The van der Waals surface area contributed by atoms with E-state index in [-0.39, 0.29) is 0 Å². The fraction of sp³-hybridized carbons (Fsp3) is 0.800. The van der Waals surface area contributed by atoms with Crippen LogP contribution in [0.2, 0.25) is 0 Å². The van der Waals surface area contributed by atoms with Crippen LogP contribution in [0.3, 0.4) is 0 Å². The average molecular weight is 230 g/mol. The first-order chi connectivity index (χ1) is 6.06. The number of phosphoric acid groups is 1. The number of phosphoric ester groups is 1. The number of rotatable bonds is 5. The van der Waals surface area contributed by atoms with Gasteiger partial charge in [0, 0.05) is 0 Å². The summed E-state index contributed by atoms with van der Waals surface area (Å²) < 4.78 is 13.8. The fourth-order valence-corrected chi connectivity index (χ4v) is 0.928. The van der Waals surface area contributed by atoms with Crippen LogP contribution in [0.25, 0.3) is 0 Å². The Balaban J connectivity index is 4.35. The van der Waals surface area contributed by atoms with E-state index >= 15 is 0 Å². The molecule has 0 amide bonds. The molecule has 0 aromatic rings. The molecule has 0 spiro atoms. The van der Waals surface area contributed by atoms with Gasteiger partial charge < -0.3 is 25.1 Å². The molecule has 0 radical (unpaired) electrons. The summed E-state index contributed by atoms with van der Waals surface area (Å²) in [6, 6.07) is 0. The quantitative estimate of drug-likeness (QED) is 0.262. The Morgan fingerprint density at radius 3 is 2.21 bits per heavy atom. The first kappa shape index (κ1) is 13.7. The van der Waals surface area contributed by atoms with Crippen molar-refractivity contribution in [1.29, 1.82) is 0 Å². The largest absolute Gasteiger partial charge is 0.469 e. The van der Waals surface area contributed by atoms with Crippen LogP contribution in [0.1, 0.15) is 6.92 Å². The van der Waals surface area contributed by atoms with Crippen LogP contribution < -0.4 is 0 Å². The van der Waals surface area contributed by atoms with Crippen LogP contribution in [0.15, 0.2) is 0 Å². The van der Waals surface area contributed by atoms with Gasteiger partial charge in [-0.25, -0.2) is 4.57 Å². The normalized spacial score (nSPS) is 15.3. The molecular formula is C5H11O8P. The average Bonchev–Trinajstić information content (AvgIpc) is 1.98. The van der Waals surface area contributed by atoms with Gasteiger partial charge in [-0.2, -0.15) is 0 Å². The van der Waals surface area contributed by atoms with Crippen molar-refractivity contribution in [2.75, 3.05) is 6.61 Å². The Bertz CT molecular complexity index is 252. The van der Waals surface area contributed by atoms with Crippen molar-refractivity contribution in [3.63, 3.8) is 0 Å². The standard InChI is InChI=1S/C5H11O8P/c1-3(6)4(7)5(8,9)2-13-14(10,11)12/h3,6,8-9H,2H2,1H3,(H2,10,11,12). The van der Waals surface area contributed by atoms with Crippen molar-refractivity contribution < 1.29 is 39.0 Å². The summed E-state index contributed by atoms with van der Waals surface area (Å²) in [4.78, 5) is 27.2. The Hall–Kier alpha value is -0.340. The molecule has 0 aliphatic heterocycles. The van der Waals surface area contributed by atoms with Crippen LogP contribution in [-0.4, -0.2) is 49.4 Å². The molecule has 1 atom stereocenters. The molecule has 0 heterocycles. The number of Topliss-reactive ketones (excluding diaryl/α,β-unsaturated/α-hetero) is 1. The highest BCUT2D eigenvalue weighted by atomic mass is 31.2. The molecule has 14 heavy (non-hydrogen) atoms. The number of carbonyl (C=O) groups is 1. The maximum Gasteiger partial charge on any atom is 0.469 e. The highest BCUT2D eigenvalue weighted by Gasteiger charge is 2.38. The topological polar surface area (TPSA) is 145 Å². The zero-order valence-corrected chi connectivity index (χ0v) is 8.09. The van der Waals surface area contributed by atoms with E-state index in [2.05, 4.69) is 4.52 Å². The smallest absolute Gasteiger partial charge is 0.385 e. The minimum absolute atomic E-state index is 0.973. The summed E-state index contributed by atoms with van der Waals surface area (Å²) in [6.07, 6.45) is -1.68. The molecule has 5 N–H and O–H groups in total. The van der Waals surface area contributed by atoms with Crippen molar-refractivity contribution in [3.8, 4) is 0 Å². The van der Waals surface area contributed by atoms with E-state index in [1.807, 2.05) is 0 Å². The van der Waals surface area contributed by atoms with E-state index in [1.165, 1.54) is 0 Å². The first-order valence-corrected chi connectivity index (χ1v) is 4.96. The van der Waals surface area contributed by atoms with Crippen LogP contribution in [0.4, 0.5) is 0 Å². The van der Waals surface area contributed by atoms with Crippen molar-refractivity contribution in [2.24, 2.45) is 0 Å². The number of hydrogen-bond donors (Lipinski definition) is 5. The van der Waals surface area contributed by atoms with Crippen molar-refractivity contribution in [1.82, 2.24) is 0 Å². The Morgan fingerprint density at radius 2 is 1.93 bits per heavy atom. The maximum atomic E-state index is 10.8.